The van der Waals surface area contributed by atoms with Crippen molar-refractivity contribution in [2.75, 3.05) is 0 Å². The summed E-state index contributed by atoms with van der Waals surface area (Å²) in [5.74, 6) is 0. The third-order valence-electron chi connectivity index (χ3n) is 7.61. The van der Waals surface area contributed by atoms with Crippen LogP contribution in [0.5, 0.6) is 0 Å². The van der Waals surface area contributed by atoms with Crippen LogP contribution in [0.3, 0.4) is 0 Å². The molecule has 2 aromatic heterocycles. The Morgan fingerprint density at radius 3 is 1.31 bits per heavy atom. The van der Waals surface area contributed by atoms with E-state index in [1.165, 1.54) is 45.0 Å². The molecule has 29 heavy (non-hydrogen) atoms. The van der Waals surface area contributed by atoms with Crippen molar-refractivity contribution in [1.82, 2.24) is 0 Å². The minimum atomic E-state index is -0.261. The quantitative estimate of drug-likeness (QED) is 0.361. The molecule has 4 aromatic rings. The summed E-state index contributed by atoms with van der Waals surface area (Å²) in [7, 11) is 0. The van der Waals surface area contributed by atoms with E-state index in [0.29, 0.717) is 0 Å². The highest BCUT2D eigenvalue weighted by molar-refractivity contribution is 5.58. The smallest absolute Gasteiger partial charge is 0.126 e. The maximum absolute atomic E-state index is 2.70. The minimum Gasteiger partial charge on any atom is -0.126 e. The first-order chi connectivity index (χ1) is 14.4. The van der Waals surface area contributed by atoms with Crippen LogP contribution in [0.1, 0.15) is 56.2 Å². The van der Waals surface area contributed by atoms with Gasteiger partial charge in [0, 0.05) is 24.3 Å². The Hall–Kier alpha value is -3.26. The topological polar surface area (TPSA) is 7.76 Å². The number of nitrogens with zero attached hydrogens (tertiary/aromatic N) is 2. The van der Waals surface area contributed by atoms with Crippen LogP contribution in [0.25, 0.3) is 0 Å². The molecule has 5 heterocycles. The predicted molar refractivity (Wildman–Crippen MR) is 109 cm³/mol. The molecule has 0 amide bonds. The minimum absolute atomic E-state index is 0.261. The predicted octanol–water partition coefficient (Wildman–Crippen LogP) is 3.18. The Morgan fingerprint density at radius 2 is 0.828 bits per heavy atom. The van der Waals surface area contributed by atoms with E-state index in [1.54, 1.807) is 11.1 Å². The molecule has 4 aliphatic rings. The number of rotatable bonds is 0. The van der Waals surface area contributed by atoms with Gasteiger partial charge in [-0.1, -0.05) is 36.4 Å². The maximum Gasteiger partial charge on any atom is 0.416 e. The van der Waals surface area contributed by atoms with Gasteiger partial charge in [-0.15, -0.1) is 9.13 Å². The van der Waals surface area contributed by atoms with E-state index >= 15 is 0 Å². The van der Waals surface area contributed by atoms with E-state index in [0.717, 1.165) is 25.7 Å². The standard InChI is InChI=1S/C27H20N2/c1-5-17-13-18-6-2-8-20-15-22-10-4-12-24-16-23-11-3-9-21-14-19(7-1)25(17)27(26(18)20,28(21)23)29(22)24/h1-12H,13-16H2/q+2. The van der Waals surface area contributed by atoms with Crippen LogP contribution in [-0.2, 0) is 31.3 Å². The van der Waals surface area contributed by atoms with E-state index in [9.17, 15) is 0 Å². The first kappa shape index (κ1) is 14.7. The molecule has 0 N–H and O–H groups in total. The fraction of sp³-hybridized carbons (Fsp3) is 0.185. The van der Waals surface area contributed by atoms with Crippen molar-refractivity contribution in [2.24, 2.45) is 0 Å². The lowest BCUT2D eigenvalue weighted by molar-refractivity contribution is -0.992. The summed E-state index contributed by atoms with van der Waals surface area (Å²) in [4.78, 5) is 0. The molecule has 0 saturated carbocycles. The Morgan fingerprint density at radius 1 is 0.448 bits per heavy atom. The van der Waals surface area contributed by atoms with Crippen molar-refractivity contribution in [3.63, 3.8) is 0 Å². The van der Waals surface area contributed by atoms with Crippen LogP contribution in [0.15, 0.2) is 72.8 Å². The Kier molecular flexibility index (Phi) is 2.36. The highest BCUT2D eigenvalue weighted by atomic mass is 15.3. The second-order valence-corrected chi connectivity index (χ2v) is 8.97. The summed E-state index contributed by atoms with van der Waals surface area (Å²) < 4.78 is 5.41. The molecule has 0 bridgehead atoms. The summed E-state index contributed by atoms with van der Waals surface area (Å²) >= 11 is 0. The van der Waals surface area contributed by atoms with Crippen molar-refractivity contribution in [3.05, 3.63) is 129 Å². The molecule has 0 atom stereocenters. The number of aromatic nitrogens is 2. The molecule has 0 saturated heterocycles. The molecule has 2 nitrogen and oxygen atoms in total. The van der Waals surface area contributed by atoms with Crippen LogP contribution in [-0.4, -0.2) is 0 Å². The number of hydrogen-bond acceptors (Lipinski definition) is 0. The third-order valence-corrected chi connectivity index (χ3v) is 7.61. The summed E-state index contributed by atoms with van der Waals surface area (Å²) in [6, 6.07) is 27.9. The van der Waals surface area contributed by atoms with Gasteiger partial charge in [0.1, 0.15) is 17.5 Å². The van der Waals surface area contributed by atoms with Crippen molar-refractivity contribution < 1.29 is 9.13 Å². The monoisotopic (exact) mass is 372 g/mol. The highest BCUT2D eigenvalue weighted by Crippen LogP contribution is 2.47. The lowest BCUT2D eigenvalue weighted by Crippen LogP contribution is -2.84. The first-order valence-corrected chi connectivity index (χ1v) is 10.6. The van der Waals surface area contributed by atoms with Crippen LogP contribution >= 0.6 is 0 Å². The summed E-state index contributed by atoms with van der Waals surface area (Å²) in [6.07, 6.45) is 4.09. The fourth-order valence-electron chi connectivity index (χ4n) is 6.84. The van der Waals surface area contributed by atoms with Gasteiger partial charge in [-0.25, -0.2) is 0 Å². The molecule has 2 heteroatoms. The van der Waals surface area contributed by atoms with Crippen molar-refractivity contribution in [1.29, 1.82) is 0 Å². The Bertz CT molecular complexity index is 1110. The molecule has 1 spiro atoms. The summed E-state index contributed by atoms with van der Waals surface area (Å²) in [5, 5.41) is 0. The third kappa shape index (κ3) is 1.49. The maximum atomic E-state index is 2.70. The van der Waals surface area contributed by atoms with Gasteiger partial charge in [0.25, 0.3) is 0 Å². The highest BCUT2D eigenvalue weighted by Gasteiger charge is 2.68. The van der Waals surface area contributed by atoms with Gasteiger partial charge in [-0.3, -0.25) is 0 Å². The average molecular weight is 372 g/mol. The normalized spacial score (nSPS) is 17.4. The Labute approximate surface area is 169 Å². The second-order valence-electron chi connectivity index (χ2n) is 8.97. The lowest BCUT2D eigenvalue weighted by atomic mass is 9.68. The molecule has 3 aliphatic heterocycles. The first-order valence-electron chi connectivity index (χ1n) is 10.6. The van der Waals surface area contributed by atoms with Gasteiger partial charge in [0.2, 0.25) is 0 Å². The van der Waals surface area contributed by atoms with Crippen LogP contribution < -0.4 is 9.13 Å². The van der Waals surface area contributed by atoms with Gasteiger partial charge < -0.3 is 0 Å². The van der Waals surface area contributed by atoms with Crippen molar-refractivity contribution >= 4 is 0 Å². The molecule has 0 fully saturated rings. The second kappa shape index (κ2) is 4.65. The molecule has 0 radical (unpaired) electrons. The van der Waals surface area contributed by atoms with E-state index in [1.807, 2.05) is 0 Å². The van der Waals surface area contributed by atoms with E-state index in [2.05, 4.69) is 81.9 Å². The largest absolute Gasteiger partial charge is 0.416 e. The molecule has 1 aliphatic carbocycles. The SMILES string of the molecule is c1cc2c3c(c1)Cc1cccc4[n+]1C31c3c(cccc3Cc3cccc([n+]31)C4)C2. The summed E-state index contributed by atoms with van der Waals surface area (Å²) in [5.41, 5.74) is 14.6. The zero-order chi connectivity index (χ0) is 18.7. The molecule has 2 aromatic carbocycles. The zero-order valence-corrected chi connectivity index (χ0v) is 16.2. The number of pyridine rings is 2. The van der Waals surface area contributed by atoms with E-state index in [4.69, 9.17) is 0 Å². The van der Waals surface area contributed by atoms with Gasteiger partial charge in [-0.2, -0.15) is 0 Å². The van der Waals surface area contributed by atoms with E-state index in [-0.39, 0.29) is 5.66 Å². The molecular formula is C27H20N2+2. The Balaban J connectivity index is 1.70. The lowest BCUT2D eigenvalue weighted by Gasteiger charge is -2.42. The molecule has 0 unspecified atom stereocenters. The molecule has 8 rings (SSSR count). The zero-order valence-electron chi connectivity index (χ0n) is 16.2. The van der Waals surface area contributed by atoms with Crippen molar-refractivity contribution in [2.45, 2.75) is 31.3 Å². The van der Waals surface area contributed by atoms with Crippen molar-refractivity contribution in [3.8, 4) is 0 Å². The van der Waals surface area contributed by atoms with Crippen LogP contribution in [0.2, 0.25) is 0 Å². The van der Waals surface area contributed by atoms with Gasteiger partial charge in [-0.05, 0) is 40.8 Å². The van der Waals surface area contributed by atoms with Crippen LogP contribution in [0.4, 0.5) is 0 Å². The van der Waals surface area contributed by atoms with E-state index < -0.39 is 0 Å². The van der Waals surface area contributed by atoms with Crippen LogP contribution in [0, 0.1) is 0 Å². The number of benzene rings is 2. The number of hydrogen-bond donors (Lipinski definition) is 0. The van der Waals surface area contributed by atoms with Gasteiger partial charge in [0.05, 0.1) is 12.8 Å². The van der Waals surface area contributed by atoms with Gasteiger partial charge >= 0.3 is 5.66 Å². The summed E-state index contributed by atoms with van der Waals surface area (Å²) in [6.45, 7) is 0. The average Bonchev–Trinajstić information content (AvgIpc) is 2.74. The fourth-order valence-corrected chi connectivity index (χ4v) is 6.84. The van der Waals surface area contributed by atoms with Gasteiger partial charge in [0.15, 0.2) is 22.8 Å². The molecular weight excluding hydrogens is 352 g/mol. The molecule has 136 valence electrons.